The number of nitrogens with one attached hydrogen (secondary N) is 3. The van der Waals surface area contributed by atoms with Gasteiger partial charge >= 0.3 is 6.01 Å². The molecule has 0 aromatic carbocycles. The summed E-state index contributed by atoms with van der Waals surface area (Å²) in [5.74, 6) is 1.36. The molecule has 23 heavy (non-hydrogen) atoms. The zero-order chi connectivity index (χ0) is 17.3. The van der Waals surface area contributed by atoms with Crippen molar-refractivity contribution in [2.75, 3.05) is 50.8 Å². The summed E-state index contributed by atoms with van der Waals surface area (Å²) in [5, 5.41) is 8.68. The van der Waals surface area contributed by atoms with Gasteiger partial charge in [0, 0.05) is 26.5 Å². The van der Waals surface area contributed by atoms with Crippen molar-refractivity contribution < 1.29 is 14.3 Å². The second-order valence-electron chi connectivity index (χ2n) is 5.22. The molecule has 0 saturated carbocycles. The van der Waals surface area contributed by atoms with Crippen LogP contribution in [0, 0.1) is 0 Å². The smallest absolute Gasteiger partial charge is 0.322 e. The van der Waals surface area contributed by atoms with E-state index in [1.165, 1.54) is 18.9 Å². The summed E-state index contributed by atoms with van der Waals surface area (Å²) in [5.41, 5.74) is -0.340. The molecule has 130 valence electrons. The van der Waals surface area contributed by atoms with E-state index in [0.29, 0.717) is 30.8 Å². The van der Waals surface area contributed by atoms with Crippen LogP contribution in [-0.2, 0) is 4.74 Å². The minimum atomic E-state index is -0.340. The third kappa shape index (κ3) is 7.33. The Balaban J connectivity index is 2.69. The number of anilines is 2. The molecule has 0 saturated heterocycles. The van der Waals surface area contributed by atoms with Gasteiger partial charge in [0.05, 0.1) is 19.3 Å². The Morgan fingerprint density at radius 2 is 1.91 bits per heavy atom. The van der Waals surface area contributed by atoms with Crippen LogP contribution in [0.4, 0.5) is 16.7 Å². The van der Waals surface area contributed by atoms with Gasteiger partial charge in [-0.1, -0.05) is 11.8 Å². The average Bonchev–Trinajstić information content (AvgIpc) is 2.50. The quantitative estimate of drug-likeness (QED) is 0.569. The lowest BCUT2D eigenvalue weighted by atomic mass is 10.1. The van der Waals surface area contributed by atoms with Gasteiger partial charge in [-0.15, -0.1) is 0 Å². The van der Waals surface area contributed by atoms with Gasteiger partial charge in [-0.05, 0) is 13.8 Å². The molecule has 0 spiro atoms. The van der Waals surface area contributed by atoms with E-state index >= 15 is 0 Å². The first-order chi connectivity index (χ1) is 10.9. The number of ether oxygens (including phenoxy) is 2. The minimum absolute atomic E-state index is 0.0799. The number of hydrogen-bond donors (Lipinski definition) is 3. The molecule has 1 aromatic rings. The van der Waals surface area contributed by atoms with Crippen LogP contribution in [0.3, 0.4) is 0 Å². The molecule has 0 aliphatic heterocycles. The fraction of sp³-hybridized carbons (Fsp3) is 0.692. The zero-order valence-corrected chi connectivity index (χ0v) is 14.9. The molecular formula is C13H24N6O3S. The SMILES string of the molecule is CNC(=O)SCCNc1nc(NC(C)(C)COC)nc(OC)n1. The number of amides is 1. The van der Waals surface area contributed by atoms with Crippen LogP contribution < -0.4 is 20.7 Å². The van der Waals surface area contributed by atoms with Crippen LogP contribution in [-0.4, -0.2) is 65.9 Å². The molecular weight excluding hydrogens is 320 g/mol. The van der Waals surface area contributed by atoms with Crippen LogP contribution in [0.25, 0.3) is 0 Å². The van der Waals surface area contributed by atoms with Crippen molar-refractivity contribution in [3.05, 3.63) is 0 Å². The van der Waals surface area contributed by atoms with Gasteiger partial charge in [-0.3, -0.25) is 4.79 Å². The average molecular weight is 344 g/mol. The number of rotatable bonds is 9. The van der Waals surface area contributed by atoms with Crippen LogP contribution in [0.1, 0.15) is 13.8 Å². The third-order valence-electron chi connectivity index (χ3n) is 2.58. The van der Waals surface area contributed by atoms with E-state index in [1.807, 2.05) is 13.8 Å². The number of hydrogen-bond acceptors (Lipinski definition) is 9. The van der Waals surface area contributed by atoms with Crippen LogP contribution >= 0.6 is 11.8 Å². The van der Waals surface area contributed by atoms with Crippen LogP contribution in [0.15, 0.2) is 0 Å². The summed E-state index contributed by atoms with van der Waals surface area (Å²) < 4.78 is 10.2. The van der Waals surface area contributed by atoms with E-state index in [2.05, 4.69) is 30.9 Å². The Hall–Kier alpha value is -1.81. The van der Waals surface area contributed by atoms with Gasteiger partial charge in [-0.2, -0.15) is 15.0 Å². The van der Waals surface area contributed by atoms with E-state index < -0.39 is 0 Å². The summed E-state index contributed by atoms with van der Waals surface area (Å²) in [6.07, 6.45) is 0. The molecule has 1 heterocycles. The van der Waals surface area contributed by atoms with E-state index in [0.717, 1.165) is 0 Å². The molecule has 0 aliphatic rings. The van der Waals surface area contributed by atoms with Gasteiger partial charge in [0.1, 0.15) is 0 Å². The summed E-state index contributed by atoms with van der Waals surface area (Å²) in [4.78, 5) is 23.7. The maximum Gasteiger partial charge on any atom is 0.322 e. The Morgan fingerprint density at radius 1 is 1.22 bits per heavy atom. The summed E-state index contributed by atoms with van der Waals surface area (Å²) in [7, 11) is 4.72. The molecule has 1 amide bonds. The Labute approximate surface area is 140 Å². The molecule has 9 nitrogen and oxygen atoms in total. The summed E-state index contributed by atoms with van der Waals surface area (Å²) in [6, 6.07) is 0.206. The van der Waals surface area contributed by atoms with E-state index in [1.54, 1.807) is 14.2 Å². The molecule has 0 unspecified atom stereocenters. The molecule has 0 bridgehead atoms. The van der Waals surface area contributed by atoms with Crippen molar-refractivity contribution in [1.29, 1.82) is 0 Å². The number of methoxy groups -OCH3 is 2. The zero-order valence-electron chi connectivity index (χ0n) is 14.1. The number of nitrogens with zero attached hydrogens (tertiary/aromatic N) is 3. The lowest BCUT2D eigenvalue weighted by molar-refractivity contribution is 0.157. The molecule has 0 radical (unpaired) electrons. The predicted octanol–water partition coefficient (Wildman–Crippen LogP) is 1.20. The number of aromatic nitrogens is 3. The minimum Gasteiger partial charge on any atom is -0.467 e. The van der Waals surface area contributed by atoms with Crippen molar-refractivity contribution in [2.24, 2.45) is 0 Å². The highest BCUT2D eigenvalue weighted by molar-refractivity contribution is 8.13. The molecule has 3 N–H and O–H groups in total. The van der Waals surface area contributed by atoms with Gasteiger partial charge in [0.25, 0.3) is 5.24 Å². The van der Waals surface area contributed by atoms with Crippen LogP contribution in [0.2, 0.25) is 0 Å². The Bertz CT molecular complexity index is 514. The lowest BCUT2D eigenvalue weighted by Crippen LogP contribution is -2.36. The normalized spacial score (nSPS) is 11.0. The molecule has 0 fully saturated rings. The van der Waals surface area contributed by atoms with E-state index in [-0.39, 0.29) is 16.8 Å². The summed E-state index contributed by atoms with van der Waals surface area (Å²) in [6.45, 7) is 4.97. The van der Waals surface area contributed by atoms with Crippen molar-refractivity contribution in [2.45, 2.75) is 19.4 Å². The molecule has 0 atom stereocenters. The van der Waals surface area contributed by atoms with Gasteiger partial charge in [0.2, 0.25) is 11.9 Å². The van der Waals surface area contributed by atoms with Crippen molar-refractivity contribution in [3.63, 3.8) is 0 Å². The first-order valence-electron chi connectivity index (χ1n) is 7.05. The highest BCUT2D eigenvalue weighted by atomic mass is 32.2. The number of carbonyl (C=O) groups is 1. The lowest BCUT2D eigenvalue weighted by Gasteiger charge is -2.25. The monoisotopic (exact) mass is 344 g/mol. The predicted molar refractivity (Wildman–Crippen MR) is 91.4 cm³/mol. The highest BCUT2D eigenvalue weighted by Crippen LogP contribution is 2.16. The van der Waals surface area contributed by atoms with Crippen molar-refractivity contribution >= 4 is 28.9 Å². The van der Waals surface area contributed by atoms with Crippen molar-refractivity contribution in [3.8, 4) is 6.01 Å². The van der Waals surface area contributed by atoms with E-state index in [4.69, 9.17) is 9.47 Å². The third-order valence-corrected chi connectivity index (χ3v) is 3.45. The summed E-state index contributed by atoms with van der Waals surface area (Å²) >= 11 is 1.18. The van der Waals surface area contributed by atoms with Gasteiger partial charge in [-0.25, -0.2) is 0 Å². The van der Waals surface area contributed by atoms with Crippen LogP contribution in [0.5, 0.6) is 6.01 Å². The fourth-order valence-corrected chi connectivity index (χ4v) is 2.19. The van der Waals surface area contributed by atoms with Gasteiger partial charge in [0.15, 0.2) is 0 Å². The molecule has 1 rings (SSSR count). The number of carbonyl (C=O) groups excluding carboxylic acids is 1. The second-order valence-corrected chi connectivity index (χ2v) is 6.29. The largest absolute Gasteiger partial charge is 0.467 e. The first-order valence-corrected chi connectivity index (χ1v) is 8.04. The molecule has 10 heteroatoms. The Morgan fingerprint density at radius 3 is 2.52 bits per heavy atom. The maximum absolute atomic E-state index is 11.1. The van der Waals surface area contributed by atoms with E-state index in [9.17, 15) is 4.79 Å². The Kier molecular flexibility index (Phi) is 7.83. The van der Waals surface area contributed by atoms with Gasteiger partial charge < -0.3 is 25.4 Å². The number of thioether (sulfide) groups is 1. The molecule has 0 aliphatic carbocycles. The maximum atomic E-state index is 11.1. The molecule has 1 aromatic heterocycles. The van der Waals surface area contributed by atoms with Crippen molar-refractivity contribution in [1.82, 2.24) is 20.3 Å². The first kappa shape index (κ1) is 19.2. The fourth-order valence-electron chi connectivity index (χ4n) is 1.66. The second kappa shape index (κ2) is 9.36. The highest BCUT2D eigenvalue weighted by Gasteiger charge is 2.19. The topological polar surface area (TPSA) is 110 Å². The standard InChI is InChI=1S/C13H24N6O3S/c1-13(2,8-21-4)19-10-16-9(17-11(18-10)22-5)15-6-7-23-12(20)14-3/h6-8H2,1-5H3,(H,14,20)(H2,15,16,17,18,19).